The number of rotatable bonds is 1. The van der Waals surface area contributed by atoms with E-state index in [2.05, 4.69) is 0 Å². The van der Waals surface area contributed by atoms with Gasteiger partial charge in [-0.1, -0.05) is 0 Å². The standard InChI is InChI=1S/C11H16FNO5/c1-10(2,3)18-9(17)13-5-7(14)4-11(12,6-13)8(15)16/h4-6H2,1-3H3,(H,15,16). The number of carbonyl (C=O) groups excluding carboxylic acids is 2. The molecule has 0 aliphatic carbocycles. The fourth-order valence-electron chi connectivity index (χ4n) is 1.59. The van der Waals surface area contributed by atoms with Crippen molar-refractivity contribution in [3.05, 3.63) is 0 Å². The monoisotopic (exact) mass is 261 g/mol. The Morgan fingerprint density at radius 3 is 2.44 bits per heavy atom. The number of hydrogen-bond donors (Lipinski definition) is 1. The second-order valence-corrected chi connectivity index (χ2v) is 5.32. The number of halogens is 1. The van der Waals surface area contributed by atoms with E-state index in [1.165, 1.54) is 0 Å². The summed E-state index contributed by atoms with van der Waals surface area (Å²) in [5, 5.41) is 8.74. The average molecular weight is 261 g/mol. The van der Waals surface area contributed by atoms with E-state index in [1.54, 1.807) is 20.8 Å². The summed E-state index contributed by atoms with van der Waals surface area (Å²) in [5.41, 5.74) is -3.52. The highest BCUT2D eigenvalue weighted by molar-refractivity contribution is 5.93. The number of carboxylic acid groups (broad SMARTS) is 1. The summed E-state index contributed by atoms with van der Waals surface area (Å²) in [6.07, 6.45) is -1.61. The Labute approximate surface area is 104 Å². The number of ether oxygens (including phenoxy) is 1. The Balaban J connectivity index is 2.81. The lowest BCUT2D eigenvalue weighted by Gasteiger charge is -2.34. The molecule has 0 spiro atoms. The van der Waals surface area contributed by atoms with Crippen LogP contribution in [0.5, 0.6) is 0 Å². The molecule has 1 rings (SSSR count). The lowest BCUT2D eigenvalue weighted by molar-refractivity contribution is -0.157. The molecule has 1 fully saturated rings. The predicted molar refractivity (Wildman–Crippen MR) is 58.9 cm³/mol. The van der Waals surface area contributed by atoms with Crippen LogP contribution in [0.2, 0.25) is 0 Å². The number of aliphatic carboxylic acids is 1. The summed E-state index contributed by atoms with van der Waals surface area (Å²) < 4.78 is 18.9. The molecule has 1 saturated heterocycles. The van der Waals surface area contributed by atoms with Gasteiger partial charge in [0.1, 0.15) is 5.60 Å². The van der Waals surface area contributed by atoms with Crippen molar-refractivity contribution in [1.29, 1.82) is 0 Å². The molecule has 1 aliphatic heterocycles. The van der Waals surface area contributed by atoms with Crippen molar-refractivity contribution < 1.29 is 28.6 Å². The number of alkyl halides is 1. The van der Waals surface area contributed by atoms with E-state index in [9.17, 15) is 18.8 Å². The number of Topliss-reactive ketones (excluding diaryl/α,β-unsaturated/α-hetero) is 1. The van der Waals surface area contributed by atoms with Gasteiger partial charge in [-0.05, 0) is 20.8 Å². The molecule has 0 radical (unpaired) electrons. The molecule has 6 nitrogen and oxygen atoms in total. The normalized spacial score (nSPS) is 24.9. The second-order valence-electron chi connectivity index (χ2n) is 5.32. The average Bonchev–Trinajstić information content (AvgIpc) is 2.13. The maximum Gasteiger partial charge on any atom is 0.410 e. The number of likely N-dealkylation sites (tertiary alicyclic amines) is 1. The van der Waals surface area contributed by atoms with Crippen LogP contribution in [-0.4, -0.2) is 52.2 Å². The summed E-state index contributed by atoms with van der Waals surface area (Å²) in [6, 6.07) is 0. The van der Waals surface area contributed by atoms with Gasteiger partial charge in [0.2, 0.25) is 5.67 Å². The van der Waals surface area contributed by atoms with Crippen LogP contribution in [0.3, 0.4) is 0 Å². The molecular weight excluding hydrogens is 245 g/mol. The number of carbonyl (C=O) groups is 3. The molecule has 1 aliphatic rings. The van der Waals surface area contributed by atoms with E-state index >= 15 is 0 Å². The quantitative estimate of drug-likeness (QED) is 0.761. The maximum atomic E-state index is 13.9. The second kappa shape index (κ2) is 4.55. The summed E-state index contributed by atoms with van der Waals surface area (Å²) in [4.78, 5) is 34.5. The van der Waals surface area contributed by atoms with Gasteiger partial charge in [0.05, 0.1) is 19.5 Å². The highest BCUT2D eigenvalue weighted by Crippen LogP contribution is 2.25. The highest BCUT2D eigenvalue weighted by Gasteiger charge is 2.48. The molecule has 102 valence electrons. The third-order valence-electron chi connectivity index (χ3n) is 2.32. The molecule has 0 aromatic carbocycles. The zero-order valence-corrected chi connectivity index (χ0v) is 10.5. The van der Waals surface area contributed by atoms with Crippen LogP contribution in [0.1, 0.15) is 27.2 Å². The number of amides is 1. The molecule has 1 unspecified atom stereocenters. The lowest BCUT2D eigenvalue weighted by atomic mass is 9.94. The minimum atomic E-state index is -2.73. The summed E-state index contributed by atoms with van der Waals surface area (Å²) in [7, 11) is 0. The smallest absolute Gasteiger partial charge is 0.410 e. The zero-order chi connectivity index (χ0) is 14.1. The highest BCUT2D eigenvalue weighted by atomic mass is 19.1. The zero-order valence-electron chi connectivity index (χ0n) is 10.5. The van der Waals surface area contributed by atoms with Crippen molar-refractivity contribution in [3.63, 3.8) is 0 Å². The van der Waals surface area contributed by atoms with Gasteiger partial charge in [-0.15, -0.1) is 0 Å². The first-order valence-electron chi connectivity index (χ1n) is 5.45. The number of piperidine rings is 1. The summed E-state index contributed by atoms with van der Waals surface area (Å²) in [5.74, 6) is -2.39. The minimum Gasteiger partial charge on any atom is -0.479 e. The van der Waals surface area contributed by atoms with Crippen LogP contribution >= 0.6 is 0 Å². The van der Waals surface area contributed by atoms with E-state index in [0.29, 0.717) is 0 Å². The van der Waals surface area contributed by atoms with Crippen LogP contribution in [0.25, 0.3) is 0 Å². The van der Waals surface area contributed by atoms with Gasteiger partial charge in [0.25, 0.3) is 0 Å². The van der Waals surface area contributed by atoms with E-state index in [1.807, 2.05) is 0 Å². The molecule has 7 heteroatoms. The molecule has 1 N–H and O–H groups in total. The third kappa shape index (κ3) is 3.41. The topological polar surface area (TPSA) is 83.9 Å². The Morgan fingerprint density at radius 1 is 1.44 bits per heavy atom. The van der Waals surface area contributed by atoms with Gasteiger partial charge in [-0.2, -0.15) is 0 Å². The van der Waals surface area contributed by atoms with Crippen molar-refractivity contribution in [1.82, 2.24) is 4.90 Å². The van der Waals surface area contributed by atoms with Crippen LogP contribution in [0, 0.1) is 0 Å². The fraction of sp³-hybridized carbons (Fsp3) is 0.727. The van der Waals surface area contributed by atoms with Crippen molar-refractivity contribution >= 4 is 17.8 Å². The summed E-state index contributed by atoms with van der Waals surface area (Å²) in [6.45, 7) is 3.86. The van der Waals surface area contributed by atoms with E-state index in [-0.39, 0.29) is 6.54 Å². The van der Waals surface area contributed by atoms with Crippen LogP contribution in [-0.2, 0) is 14.3 Å². The fourth-order valence-corrected chi connectivity index (χ4v) is 1.59. The van der Waals surface area contributed by atoms with Crippen LogP contribution < -0.4 is 0 Å². The largest absolute Gasteiger partial charge is 0.479 e. The maximum absolute atomic E-state index is 13.9. The molecule has 0 saturated carbocycles. The molecule has 0 aromatic heterocycles. The molecular formula is C11H16FNO5. The van der Waals surface area contributed by atoms with Crippen molar-refractivity contribution in [2.45, 2.75) is 38.5 Å². The van der Waals surface area contributed by atoms with Gasteiger partial charge in [-0.25, -0.2) is 14.0 Å². The van der Waals surface area contributed by atoms with E-state index < -0.39 is 42.1 Å². The number of hydrogen-bond acceptors (Lipinski definition) is 4. The predicted octanol–water partition coefficient (Wildman–Crippen LogP) is 0.989. The van der Waals surface area contributed by atoms with Gasteiger partial charge in [-0.3, -0.25) is 9.69 Å². The molecule has 0 aromatic rings. The molecule has 1 atom stereocenters. The SMILES string of the molecule is CC(C)(C)OC(=O)N1CC(=O)CC(F)(C(=O)O)C1. The first-order valence-corrected chi connectivity index (χ1v) is 5.45. The molecule has 1 heterocycles. The van der Waals surface area contributed by atoms with Gasteiger partial charge in [0.15, 0.2) is 5.78 Å². The number of nitrogens with zero attached hydrogens (tertiary/aromatic N) is 1. The van der Waals surface area contributed by atoms with E-state index in [4.69, 9.17) is 9.84 Å². The van der Waals surface area contributed by atoms with Crippen LogP contribution in [0.4, 0.5) is 9.18 Å². The van der Waals surface area contributed by atoms with Gasteiger partial charge < -0.3 is 9.84 Å². The summed E-state index contributed by atoms with van der Waals surface area (Å²) >= 11 is 0. The first kappa shape index (κ1) is 14.4. The van der Waals surface area contributed by atoms with E-state index in [0.717, 1.165) is 4.90 Å². The Bertz CT molecular complexity index is 389. The Hall–Kier alpha value is -1.66. The number of ketones is 1. The third-order valence-corrected chi connectivity index (χ3v) is 2.32. The Morgan fingerprint density at radius 2 is 2.00 bits per heavy atom. The Kier molecular flexibility index (Phi) is 3.64. The van der Waals surface area contributed by atoms with Crippen molar-refractivity contribution in [2.24, 2.45) is 0 Å². The molecule has 1 amide bonds. The van der Waals surface area contributed by atoms with Gasteiger partial charge >= 0.3 is 12.1 Å². The number of carboxylic acids is 1. The van der Waals surface area contributed by atoms with Crippen LogP contribution in [0.15, 0.2) is 0 Å². The van der Waals surface area contributed by atoms with Crippen molar-refractivity contribution in [3.8, 4) is 0 Å². The lowest BCUT2D eigenvalue weighted by Crippen LogP contribution is -2.56. The molecule has 18 heavy (non-hydrogen) atoms. The first-order chi connectivity index (χ1) is 8.03. The van der Waals surface area contributed by atoms with Crippen molar-refractivity contribution in [2.75, 3.05) is 13.1 Å². The molecule has 0 bridgehead atoms. The minimum absolute atomic E-state index is 0.326. The van der Waals surface area contributed by atoms with Gasteiger partial charge in [0, 0.05) is 0 Å².